The number of carbonyl (C=O) groups is 1. The molecular weight excluding hydrogens is 300 g/mol. The van der Waals surface area contributed by atoms with Crippen LogP contribution in [0.5, 0.6) is 0 Å². The Bertz CT molecular complexity index is 533. The summed E-state index contributed by atoms with van der Waals surface area (Å²) < 4.78 is 0. The van der Waals surface area contributed by atoms with E-state index in [1.165, 1.54) is 18.3 Å². The lowest BCUT2D eigenvalue weighted by Gasteiger charge is -2.15. The minimum atomic E-state index is -0.939. The molecule has 0 aromatic carbocycles. The van der Waals surface area contributed by atoms with Gasteiger partial charge in [0.05, 0.1) is 6.10 Å². The maximum absolute atomic E-state index is 10.8. The molecule has 0 radical (unpaired) electrons. The van der Waals surface area contributed by atoms with Gasteiger partial charge in [-0.15, -0.1) is 22.7 Å². The van der Waals surface area contributed by atoms with E-state index in [0.717, 1.165) is 26.4 Å². The van der Waals surface area contributed by atoms with Crippen LogP contribution in [0.3, 0.4) is 0 Å². The summed E-state index contributed by atoms with van der Waals surface area (Å²) >= 11 is 4.13. The van der Waals surface area contributed by atoms with Gasteiger partial charge in [0, 0.05) is 27.3 Å². The smallest absolute Gasteiger partial charge is 0.185 e. The van der Waals surface area contributed by atoms with Gasteiger partial charge in [-0.1, -0.05) is 17.8 Å². The van der Waals surface area contributed by atoms with Crippen LogP contribution in [0.4, 0.5) is 0 Å². The van der Waals surface area contributed by atoms with Crippen molar-refractivity contribution in [2.45, 2.75) is 19.1 Å². The molecule has 6 heteroatoms. The average Bonchev–Trinajstić information content (AvgIpc) is 3.04. The third kappa shape index (κ3) is 3.90. The van der Waals surface area contributed by atoms with Crippen LogP contribution in [0.25, 0.3) is 9.75 Å². The number of carbonyl (C=O) groups excluding carboxylic acids is 1. The molecule has 0 aliphatic carbocycles. The molecule has 19 heavy (non-hydrogen) atoms. The monoisotopic (exact) mass is 314 g/mol. The fourth-order valence-electron chi connectivity index (χ4n) is 1.55. The zero-order chi connectivity index (χ0) is 13.8. The summed E-state index contributed by atoms with van der Waals surface area (Å²) in [5.74, 6) is 0.211. The Kier molecular flexibility index (Phi) is 5.18. The Morgan fingerprint density at radius 1 is 1.32 bits per heavy atom. The first-order valence-electron chi connectivity index (χ1n) is 5.71. The van der Waals surface area contributed by atoms with E-state index >= 15 is 0 Å². The van der Waals surface area contributed by atoms with E-state index in [4.69, 9.17) is 0 Å². The van der Waals surface area contributed by atoms with E-state index < -0.39 is 12.2 Å². The summed E-state index contributed by atoms with van der Waals surface area (Å²) in [5.41, 5.74) is 0. The normalized spacial score (nSPS) is 14.3. The predicted molar refractivity (Wildman–Crippen MR) is 81.7 cm³/mol. The molecule has 2 N–H and O–H groups in total. The highest BCUT2D eigenvalue weighted by Gasteiger charge is 2.21. The Balaban J connectivity index is 2.03. The second kappa shape index (κ2) is 6.67. The number of aliphatic hydroxyl groups is 2. The first kappa shape index (κ1) is 14.7. The quantitative estimate of drug-likeness (QED) is 0.890. The molecule has 0 bridgehead atoms. The van der Waals surface area contributed by atoms with Crippen molar-refractivity contribution < 1.29 is 15.0 Å². The van der Waals surface area contributed by atoms with Crippen molar-refractivity contribution in [2.75, 3.05) is 5.75 Å². The second-order valence-corrected chi connectivity index (χ2v) is 7.25. The van der Waals surface area contributed by atoms with E-state index in [1.807, 2.05) is 29.6 Å². The number of thiophene rings is 2. The molecule has 2 aromatic rings. The Hall–Kier alpha value is -0.660. The van der Waals surface area contributed by atoms with Crippen LogP contribution < -0.4 is 0 Å². The topological polar surface area (TPSA) is 57.5 Å². The van der Waals surface area contributed by atoms with E-state index in [-0.39, 0.29) is 10.9 Å². The van der Waals surface area contributed by atoms with E-state index in [1.54, 1.807) is 11.3 Å². The lowest BCUT2D eigenvalue weighted by Crippen LogP contribution is -2.20. The predicted octanol–water partition coefficient (Wildman–Crippen LogP) is 3.15. The molecule has 0 aliphatic rings. The van der Waals surface area contributed by atoms with E-state index in [2.05, 4.69) is 0 Å². The van der Waals surface area contributed by atoms with Crippen LogP contribution in [0.15, 0.2) is 29.6 Å². The first-order valence-corrected chi connectivity index (χ1v) is 8.39. The van der Waals surface area contributed by atoms with Crippen LogP contribution in [0, 0.1) is 0 Å². The summed E-state index contributed by atoms with van der Waals surface area (Å²) in [6.07, 6.45) is -1.87. The van der Waals surface area contributed by atoms with Gasteiger partial charge in [-0.25, -0.2) is 0 Å². The SMILES string of the molecule is CC(=O)SCC(O)C(O)c1ccc(-c2cccs2)s1. The molecule has 2 unspecified atom stereocenters. The van der Waals surface area contributed by atoms with Gasteiger partial charge in [0.15, 0.2) is 5.12 Å². The van der Waals surface area contributed by atoms with Gasteiger partial charge in [-0.3, -0.25) is 4.79 Å². The Labute approximate surface area is 123 Å². The third-order valence-electron chi connectivity index (χ3n) is 2.50. The molecule has 0 amide bonds. The molecule has 2 atom stereocenters. The lowest BCUT2D eigenvalue weighted by atomic mass is 10.2. The summed E-state index contributed by atoms with van der Waals surface area (Å²) in [5, 5.41) is 21.8. The molecule has 0 aliphatic heterocycles. The molecule has 2 rings (SSSR count). The van der Waals surface area contributed by atoms with Crippen LogP contribution in [0.2, 0.25) is 0 Å². The van der Waals surface area contributed by atoms with Crippen molar-refractivity contribution in [2.24, 2.45) is 0 Å². The minimum Gasteiger partial charge on any atom is -0.389 e. The summed E-state index contributed by atoms with van der Waals surface area (Å²) in [6, 6.07) is 7.77. The standard InChI is InChI=1S/C13H14O3S3/c1-8(14)18-7-9(15)13(16)12-5-4-11(19-12)10-3-2-6-17-10/h2-6,9,13,15-16H,7H2,1H3. The average molecular weight is 314 g/mol. The van der Waals surface area contributed by atoms with Gasteiger partial charge >= 0.3 is 0 Å². The van der Waals surface area contributed by atoms with Crippen molar-refractivity contribution in [1.82, 2.24) is 0 Å². The fourth-order valence-corrected chi connectivity index (χ4v) is 4.02. The minimum absolute atomic E-state index is 0.0586. The molecule has 0 spiro atoms. The molecule has 2 aromatic heterocycles. The number of thioether (sulfide) groups is 1. The Morgan fingerprint density at radius 3 is 2.74 bits per heavy atom. The Morgan fingerprint density at radius 2 is 2.11 bits per heavy atom. The highest BCUT2D eigenvalue weighted by atomic mass is 32.2. The van der Waals surface area contributed by atoms with Gasteiger partial charge in [-0.2, -0.15) is 0 Å². The van der Waals surface area contributed by atoms with Gasteiger partial charge in [0.25, 0.3) is 0 Å². The number of hydrogen-bond donors (Lipinski definition) is 2. The zero-order valence-electron chi connectivity index (χ0n) is 10.3. The maximum Gasteiger partial charge on any atom is 0.185 e. The highest BCUT2D eigenvalue weighted by Crippen LogP contribution is 2.35. The summed E-state index contributed by atoms with van der Waals surface area (Å²) in [7, 11) is 0. The molecule has 102 valence electrons. The highest BCUT2D eigenvalue weighted by molar-refractivity contribution is 8.13. The lowest BCUT2D eigenvalue weighted by molar-refractivity contribution is -0.109. The van der Waals surface area contributed by atoms with Gasteiger partial charge in [0.2, 0.25) is 0 Å². The molecular formula is C13H14O3S3. The number of rotatable bonds is 5. The molecule has 0 fully saturated rings. The molecule has 3 nitrogen and oxygen atoms in total. The first-order chi connectivity index (χ1) is 9.08. The van der Waals surface area contributed by atoms with Crippen LogP contribution in [-0.4, -0.2) is 27.2 Å². The second-order valence-electron chi connectivity index (χ2n) is 3.99. The van der Waals surface area contributed by atoms with Crippen molar-refractivity contribution in [3.63, 3.8) is 0 Å². The third-order valence-corrected chi connectivity index (χ3v) is 5.64. The van der Waals surface area contributed by atoms with Crippen LogP contribution >= 0.6 is 34.4 Å². The number of aliphatic hydroxyl groups excluding tert-OH is 2. The van der Waals surface area contributed by atoms with Crippen molar-refractivity contribution >= 4 is 39.6 Å². The van der Waals surface area contributed by atoms with Gasteiger partial charge in [0.1, 0.15) is 6.10 Å². The number of hydrogen-bond acceptors (Lipinski definition) is 6. The van der Waals surface area contributed by atoms with E-state index in [0.29, 0.717) is 0 Å². The van der Waals surface area contributed by atoms with Crippen molar-refractivity contribution in [1.29, 1.82) is 0 Å². The molecule has 0 saturated carbocycles. The summed E-state index contributed by atoms with van der Waals surface area (Å²) in [6.45, 7) is 1.45. The van der Waals surface area contributed by atoms with E-state index in [9.17, 15) is 15.0 Å². The van der Waals surface area contributed by atoms with Gasteiger partial charge < -0.3 is 10.2 Å². The van der Waals surface area contributed by atoms with Crippen LogP contribution in [-0.2, 0) is 4.79 Å². The molecule has 2 heterocycles. The maximum atomic E-state index is 10.8. The largest absolute Gasteiger partial charge is 0.389 e. The van der Waals surface area contributed by atoms with Gasteiger partial charge in [-0.05, 0) is 23.6 Å². The van der Waals surface area contributed by atoms with Crippen molar-refractivity contribution in [3.8, 4) is 9.75 Å². The van der Waals surface area contributed by atoms with Crippen molar-refractivity contribution in [3.05, 3.63) is 34.5 Å². The fraction of sp³-hybridized carbons (Fsp3) is 0.308. The molecule has 0 saturated heterocycles. The summed E-state index contributed by atoms with van der Waals surface area (Å²) in [4.78, 5) is 13.8. The zero-order valence-corrected chi connectivity index (χ0v) is 12.7. The van der Waals surface area contributed by atoms with Crippen LogP contribution in [0.1, 0.15) is 17.9 Å².